The third-order valence-corrected chi connectivity index (χ3v) is 5.85. The Bertz CT molecular complexity index is 1120. The summed E-state index contributed by atoms with van der Waals surface area (Å²) in [4.78, 5) is 37.5. The molecule has 0 saturated carbocycles. The maximum Gasteiger partial charge on any atom is 0.269 e. The minimum absolute atomic E-state index is 0.0727. The van der Waals surface area contributed by atoms with Crippen molar-refractivity contribution in [3.05, 3.63) is 74.8 Å². The number of nitrogens with zero attached hydrogens (tertiary/aromatic N) is 3. The number of rotatable bonds is 6. The van der Waals surface area contributed by atoms with Crippen LogP contribution in [0.2, 0.25) is 0 Å². The van der Waals surface area contributed by atoms with Crippen LogP contribution >= 0.6 is 11.8 Å². The lowest BCUT2D eigenvalue weighted by molar-refractivity contribution is -0.384. The number of thioether (sulfide) groups is 1. The van der Waals surface area contributed by atoms with Crippen LogP contribution < -0.4 is 15.0 Å². The van der Waals surface area contributed by atoms with Crippen molar-refractivity contribution in [3.8, 4) is 11.8 Å². The van der Waals surface area contributed by atoms with E-state index in [1.165, 1.54) is 31.2 Å². The van der Waals surface area contributed by atoms with Gasteiger partial charge in [-0.25, -0.2) is 0 Å². The van der Waals surface area contributed by atoms with Gasteiger partial charge in [-0.1, -0.05) is 30.0 Å². The fraction of sp³-hybridized carbons (Fsp3) is 0.190. The highest BCUT2D eigenvalue weighted by molar-refractivity contribution is 8.05. The molecule has 2 aromatic rings. The lowest BCUT2D eigenvalue weighted by Crippen LogP contribution is -2.31. The number of nitriles is 1. The fourth-order valence-corrected chi connectivity index (χ4v) is 4.42. The number of nitro groups is 1. The van der Waals surface area contributed by atoms with Gasteiger partial charge in [0.25, 0.3) is 11.6 Å². The van der Waals surface area contributed by atoms with Crippen molar-refractivity contribution in [1.29, 1.82) is 5.26 Å². The Balaban J connectivity index is 2.05. The quantitative estimate of drug-likeness (QED) is 0.318. The molecule has 0 bridgehead atoms. The number of benzene rings is 2. The lowest BCUT2D eigenvalue weighted by Gasteiger charge is -2.19. The molecule has 2 amide bonds. The van der Waals surface area contributed by atoms with Crippen LogP contribution in [0, 0.1) is 21.4 Å². The van der Waals surface area contributed by atoms with Gasteiger partial charge in [0.15, 0.2) is 0 Å². The molecule has 1 aliphatic heterocycles. The van der Waals surface area contributed by atoms with Crippen molar-refractivity contribution in [2.24, 2.45) is 0 Å². The van der Waals surface area contributed by atoms with Crippen LogP contribution in [0.15, 0.2) is 59.1 Å². The van der Waals surface area contributed by atoms with Gasteiger partial charge in [-0.3, -0.25) is 24.6 Å². The second-order valence-corrected chi connectivity index (χ2v) is 7.68. The number of carbonyl (C=O) groups is 2. The highest BCUT2D eigenvalue weighted by Crippen LogP contribution is 2.42. The van der Waals surface area contributed by atoms with E-state index in [1.807, 2.05) is 6.07 Å². The monoisotopic (exact) mass is 438 g/mol. The largest absolute Gasteiger partial charge is 0.497 e. The number of carbonyl (C=O) groups excluding carboxylic acids is 2. The number of nitro benzene ring substituents is 1. The molecule has 158 valence electrons. The molecule has 2 aromatic carbocycles. The van der Waals surface area contributed by atoms with E-state index < -0.39 is 16.1 Å². The highest BCUT2D eigenvalue weighted by Gasteiger charge is 2.41. The predicted molar refractivity (Wildman–Crippen MR) is 115 cm³/mol. The first kappa shape index (κ1) is 21.9. The number of hydrogen-bond acceptors (Lipinski definition) is 7. The molecule has 1 unspecified atom stereocenters. The number of non-ortho nitro benzene ring substituents is 1. The van der Waals surface area contributed by atoms with Crippen molar-refractivity contribution < 1.29 is 19.2 Å². The first-order valence-corrected chi connectivity index (χ1v) is 10.0. The number of methoxy groups -OCH3 is 1. The molecule has 31 heavy (non-hydrogen) atoms. The molecule has 0 radical (unpaired) electrons. The summed E-state index contributed by atoms with van der Waals surface area (Å²) in [6.07, 6.45) is 0.196. The van der Waals surface area contributed by atoms with Gasteiger partial charge in [-0.05, 0) is 24.1 Å². The molecule has 1 heterocycles. The molecule has 10 heteroatoms. The lowest BCUT2D eigenvalue weighted by atomic mass is 10.1. The number of hydrogen-bond donors (Lipinski definition) is 1. The third kappa shape index (κ3) is 4.51. The Labute approximate surface area is 182 Å². The van der Waals surface area contributed by atoms with Crippen LogP contribution in [-0.2, 0) is 16.0 Å². The molecule has 1 saturated heterocycles. The third-order valence-electron chi connectivity index (χ3n) is 4.59. The van der Waals surface area contributed by atoms with Crippen molar-refractivity contribution in [2.75, 3.05) is 19.1 Å². The van der Waals surface area contributed by atoms with E-state index in [9.17, 15) is 25.0 Å². The van der Waals surface area contributed by atoms with Crippen LogP contribution in [0.4, 0.5) is 11.4 Å². The van der Waals surface area contributed by atoms with Gasteiger partial charge in [0, 0.05) is 25.2 Å². The number of nitrogens with one attached hydrogen (secondary N) is 1. The van der Waals surface area contributed by atoms with Crippen LogP contribution in [-0.4, -0.2) is 36.1 Å². The molecule has 3 rings (SSSR count). The Morgan fingerprint density at radius 3 is 2.71 bits per heavy atom. The molecule has 0 aliphatic carbocycles. The zero-order valence-electron chi connectivity index (χ0n) is 16.7. The number of amides is 2. The van der Waals surface area contributed by atoms with Crippen LogP contribution in [0.1, 0.15) is 5.56 Å². The standard InChI is InChI=1S/C21H18N4O5S/c1-23-19(26)17(12-22)21-24(14-6-4-8-16(11-14)30-2)20(27)18(31-21)10-13-5-3-7-15(9-13)25(28)29/h3-9,11,18H,10H2,1-2H3,(H,23,26). The molecule has 1 N–H and O–H groups in total. The summed E-state index contributed by atoms with van der Waals surface area (Å²) in [6.45, 7) is 0. The van der Waals surface area contributed by atoms with Gasteiger partial charge < -0.3 is 10.1 Å². The molecule has 1 aliphatic rings. The van der Waals surface area contributed by atoms with E-state index in [2.05, 4.69) is 5.32 Å². The minimum Gasteiger partial charge on any atom is -0.497 e. The maximum atomic E-state index is 13.3. The first-order chi connectivity index (χ1) is 14.9. The Morgan fingerprint density at radius 1 is 1.32 bits per heavy atom. The topological polar surface area (TPSA) is 126 Å². The molecule has 0 aromatic heterocycles. The van der Waals surface area contributed by atoms with Crippen molar-refractivity contribution >= 4 is 35.0 Å². The summed E-state index contributed by atoms with van der Waals surface area (Å²) in [5.74, 6) is -0.437. The van der Waals surface area contributed by atoms with Gasteiger partial charge in [-0.2, -0.15) is 5.26 Å². The van der Waals surface area contributed by atoms with E-state index in [-0.39, 0.29) is 28.6 Å². The second-order valence-electron chi connectivity index (χ2n) is 6.48. The zero-order chi connectivity index (χ0) is 22.5. The van der Waals surface area contributed by atoms with E-state index in [4.69, 9.17) is 4.74 Å². The Hall–Kier alpha value is -3.84. The van der Waals surface area contributed by atoms with Gasteiger partial charge >= 0.3 is 0 Å². The van der Waals surface area contributed by atoms with E-state index in [1.54, 1.807) is 36.4 Å². The predicted octanol–water partition coefficient (Wildman–Crippen LogP) is 2.78. The second kappa shape index (κ2) is 9.32. The van der Waals surface area contributed by atoms with E-state index in [0.29, 0.717) is 17.0 Å². The zero-order valence-corrected chi connectivity index (χ0v) is 17.5. The van der Waals surface area contributed by atoms with Crippen LogP contribution in [0.25, 0.3) is 0 Å². The number of ether oxygens (including phenoxy) is 1. The van der Waals surface area contributed by atoms with Gasteiger partial charge in [0.05, 0.1) is 23.0 Å². The van der Waals surface area contributed by atoms with E-state index >= 15 is 0 Å². The SMILES string of the molecule is CNC(=O)C(C#N)=C1SC(Cc2cccc([N+](=O)[O-])c2)C(=O)N1c1cccc(OC)c1. The average molecular weight is 438 g/mol. The minimum atomic E-state index is -0.670. The highest BCUT2D eigenvalue weighted by atomic mass is 32.2. The van der Waals surface area contributed by atoms with Crippen molar-refractivity contribution in [2.45, 2.75) is 11.7 Å². The molecule has 9 nitrogen and oxygen atoms in total. The van der Waals surface area contributed by atoms with Crippen LogP contribution in [0.3, 0.4) is 0 Å². The number of likely N-dealkylation sites (N-methyl/N-ethyl adjacent to an activating group) is 1. The van der Waals surface area contributed by atoms with Crippen LogP contribution in [0.5, 0.6) is 5.75 Å². The maximum absolute atomic E-state index is 13.3. The first-order valence-electron chi connectivity index (χ1n) is 9.14. The molecular weight excluding hydrogens is 420 g/mol. The summed E-state index contributed by atoms with van der Waals surface area (Å²) >= 11 is 1.08. The van der Waals surface area contributed by atoms with Crippen molar-refractivity contribution in [3.63, 3.8) is 0 Å². The number of anilines is 1. The smallest absolute Gasteiger partial charge is 0.269 e. The van der Waals surface area contributed by atoms with Gasteiger partial charge in [0.1, 0.15) is 22.4 Å². The van der Waals surface area contributed by atoms with Gasteiger partial charge in [0.2, 0.25) is 5.91 Å². The summed E-state index contributed by atoms with van der Waals surface area (Å²) in [5, 5.41) is 22.6. The normalized spacial score (nSPS) is 17.1. The molecule has 1 atom stereocenters. The summed E-state index contributed by atoms with van der Waals surface area (Å²) in [7, 11) is 2.89. The summed E-state index contributed by atoms with van der Waals surface area (Å²) in [5.41, 5.74) is 0.789. The van der Waals surface area contributed by atoms with Crippen molar-refractivity contribution in [1.82, 2.24) is 5.32 Å². The Morgan fingerprint density at radius 2 is 2.06 bits per heavy atom. The molecule has 0 spiro atoms. The fourth-order valence-electron chi connectivity index (χ4n) is 3.11. The summed E-state index contributed by atoms with van der Waals surface area (Å²) < 4.78 is 5.23. The molecule has 1 fully saturated rings. The summed E-state index contributed by atoms with van der Waals surface area (Å²) in [6, 6.07) is 14.6. The molecular formula is C21H18N4O5S. The average Bonchev–Trinajstić information content (AvgIpc) is 3.09. The van der Waals surface area contributed by atoms with Gasteiger partial charge in [-0.15, -0.1) is 0 Å². The van der Waals surface area contributed by atoms with E-state index in [0.717, 1.165) is 11.8 Å². The Kier molecular flexibility index (Phi) is 6.57.